The minimum Gasteiger partial charge on any atom is -0.240 e. The summed E-state index contributed by atoms with van der Waals surface area (Å²) in [5.41, 5.74) is 1.90. The van der Waals surface area contributed by atoms with E-state index < -0.39 is 0 Å². The van der Waals surface area contributed by atoms with Crippen LogP contribution in [0, 0.1) is 17.2 Å². The van der Waals surface area contributed by atoms with Gasteiger partial charge in [-0.15, -0.1) is 22.7 Å². The highest BCUT2D eigenvalue weighted by molar-refractivity contribution is 7.13. The Balaban J connectivity index is 1.95. The molecule has 1 aliphatic carbocycles. The van der Waals surface area contributed by atoms with Gasteiger partial charge >= 0.3 is 0 Å². The highest BCUT2D eigenvalue weighted by Crippen LogP contribution is 2.33. The lowest BCUT2D eigenvalue weighted by atomic mass is 9.93. The van der Waals surface area contributed by atoms with Gasteiger partial charge in [0, 0.05) is 9.75 Å². The number of allylic oxidation sites excluding steroid dienone is 1. The van der Waals surface area contributed by atoms with Gasteiger partial charge in [-0.2, -0.15) is 5.26 Å². The molecule has 2 aromatic rings. The van der Waals surface area contributed by atoms with E-state index in [1.165, 1.54) is 17.0 Å². The van der Waals surface area contributed by atoms with Crippen molar-refractivity contribution in [3.8, 4) is 6.07 Å². The lowest BCUT2D eigenvalue weighted by Crippen LogP contribution is -2.09. The summed E-state index contributed by atoms with van der Waals surface area (Å²) < 4.78 is 0. The minimum atomic E-state index is 0.689. The average Bonchev–Trinajstić information content (AvgIpc) is 3.03. The van der Waals surface area contributed by atoms with Gasteiger partial charge in [0.2, 0.25) is 0 Å². The van der Waals surface area contributed by atoms with Crippen LogP contribution in [0.3, 0.4) is 0 Å². The molecule has 0 bridgehead atoms. The van der Waals surface area contributed by atoms with Crippen molar-refractivity contribution in [2.45, 2.75) is 26.2 Å². The zero-order chi connectivity index (χ0) is 13.2. The number of aromatic nitrogens is 1. The summed E-state index contributed by atoms with van der Waals surface area (Å²) in [6.45, 7) is 2.29. The first-order valence-corrected chi connectivity index (χ1v) is 8.10. The van der Waals surface area contributed by atoms with Gasteiger partial charge in [0.25, 0.3) is 0 Å². The molecule has 0 N–H and O–H groups in total. The largest absolute Gasteiger partial charge is 0.240 e. The standard InChI is InChI=1S/C15H14N2S2/c1-10-4-5-13-14(7-10)19-15(17-13)11(9-16)8-12-3-2-6-18-12/h2-3,6,8,10H,4-5,7H2,1H3/b11-8+/t10-/m1/s1. The van der Waals surface area contributed by atoms with E-state index in [2.05, 4.69) is 18.0 Å². The SMILES string of the molecule is C[C@@H]1CCc2nc(/C(C#N)=C/c3cccs3)sc2C1. The van der Waals surface area contributed by atoms with Gasteiger partial charge in [0.1, 0.15) is 11.1 Å². The van der Waals surface area contributed by atoms with Crippen molar-refractivity contribution in [3.63, 3.8) is 0 Å². The molecular formula is C15H14N2S2. The Morgan fingerprint density at radius 3 is 3.21 bits per heavy atom. The fraction of sp³-hybridized carbons (Fsp3) is 0.333. The van der Waals surface area contributed by atoms with Crippen LogP contribution < -0.4 is 0 Å². The molecule has 2 heterocycles. The highest BCUT2D eigenvalue weighted by atomic mass is 32.1. The van der Waals surface area contributed by atoms with Crippen molar-refractivity contribution in [2.24, 2.45) is 5.92 Å². The second-order valence-electron chi connectivity index (χ2n) is 4.92. The summed E-state index contributed by atoms with van der Waals surface area (Å²) in [6.07, 6.45) is 5.33. The molecule has 0 saturated heterocycles. The second kappa shape index (κ2) is 5.28. The molecule has 0 aliphatic heterocycles. The van der Waals surface area contributed by atoms with E-state index in [0.29, 0.717) is 5.57 Å². The molecule has 0 amide bonds. The van der Waals surface area contributed by atoms with Gasteiger partial charge in [-0.3, -0.25) is 0 Å². The first kappa shape index (κ1) is 12.6. The third-order valence-corrected chi connectivity index (χ3v) is 5.34. The van der Waals surface area contributed by atoms with Crippen LogP contribution in [-0.2, 0) is 12.8 Å². The molecule has 0 spiro atoms. The molecule has 2 aromatic heterocycles. The first-order chi connectivity index (χ1) is 9.26. The molecule has 0 saturated carbocycles. The van der Waals surface area contributed by atoms with Crippen LogP contribution >= 0.6 is 22.7 Å². The van der Waals surface area contributed by atoms with Crippen LogP contribution in [-0.4, -0.2) is 4.98 Å². The molecule has 1 atom stereocenters. The number of aryl methyl sites for hydroxylation is 1. The van der Waals surface area contributed by atoms with E-state index in [1.807, 2.05) is 23.6 Å². The normalized spacial score (nSPS) is 18.9. The molecule has 3 rings (SSSR count). The van der Waals surface area contributed by atoms with Crippen molar-refractivity contribution in [3.05, 3.63) is 38.0 Å². The number of rotatable bonds is 2. The smallest absolute Gasteiger partial charge is 0.134 e. The van der Waals surface area contributed by atoms with Gasteiger partial charge in [-0.25, -0.2) is 4.98 Å². The Hall–Kier alpha value is -1.44. The molecule has 4 heteroatoms. The van der Waals surface area contributed by atoms with Crippen molar-refractivity contribution >= 4 is 34.3 Å². The zero-order valence-corrected chi connectivity index (χ0v) is 12.4. The molecule has 0 unspecified atom stereocenters. The third-order valence-electron chi connectivity index (χ3n) is 3.37. The maximum atomic E-state index is 9.34. The first-order valence-electron chi connectivity index (χ1n) is 6.40. The zero-order valence-electron chi connectivity index (χ0n) is 10.7. The summed E-state index contributed by atoms with van der Waals surface area (Å²) in [6, 6.07) is 6.32. The Morgan fingerprint density at radius 1 is 1.58 bits per heavy atom. The predicted molar refractivity (Wildman–Crippen MR) is 81.1 cm³/mol. The van der Waals surface area contributed by atoms with Gasteiger partial charge in [-0.05, 0) is 42.7 Å². The number of hydrogen-bond acceptors (Lipinski definition) is 4. The molecular weight excluding hydrogens is 272 g/mol. The van der Waals surface area contributed by atoms with E-state index in [1.54, 1.807) is 22.7 Å². The highest BCUT2D eigenvalue weighted by Gasteiger charge is 2.20. The summed E-state index contributed by atoms with van der Waals surface area (Å²) in [7, 11) is 0. The van der Waals surface area contributed by atoms with Gasteiger partial charge in [0.15, 0.2) is 0 Å². The summed E-state index contributed by atoms with van der Waals surface area (Å²) in [4.78, 5) is 7.15. The number of thiazole rings is 1. The van der Waals surface area contributed by atoms with Crippen LogP contribution in [0.25, 0.3) is 11.6 Å². The molecule has 96 valence electrons. The fourth-order valence-corrected chi connectivity index (χ4v) is 4.21. The number of hydrogen-bond donors (Lipinski definition) is 0. The Morgan fingerprint density at radius 2 is 2.47 bits per heavy atom. The molecule has 19 heavy (non-hydrogen) atoms. The van der Waals surface area contributed by atoms with Crippen LogP contribution in [0.5, 0.6) is 0 Å². The van der Waals surface area contributed by atoms with E-state index in [0.717, 1.165) is 28.6 Å². The topological polar surface area (TPSA) is 36.7 Å². The van der Waals surface area contributed by atoms with Gasteiger partial charge in [0.05, 0.1) is 11.3 Å². The summed E-state index contributed by atoms with van der Waals surface area (Å²) in [5, 5.41) is 12.3. The van der Waals surface area contributed by atoms with Gasteiger partial charge < -0.3 is 0 Å². The molecule has 0 fully saturated rings. The lowest BCUT2D eigenvalue weighted by Gasteiger charge is -2.15. The molecule has 2 nitrogen and oxygen atoms in total. The van der Waals surface area contributed by atoms with Gasteiger partial charge in [-0.1, -0.05) is 13.0 Å². The molecule has 1 aliphatic rings. The number of nitrogens with zero attached hydrogens (tertiary/aromatic N) is 2. The summed E-state index contributed by atoms with van der Waals surface area (Å²) in [5.74, 6) is 0.743. The van der Waals surface area contributed by atoms with Crippen molar-refractivity contribution in [2.75, 3.05) is 0 Å². The third kappa shape index (κ3) is 2.63. The number of nitriles is 1. The van der Waals surface area contributed by atoms with Crippen molar-refractivity contribution in [1.82, 2.24) is 4.98 Å². The maximum absolute atomic E-state index is 9.34. The number of thiophene rings is 1. The van der Waals surface area contributed by atoms with Crippen LogP contribution in [0.4, 0.5) is 0 Å². The maximum Gasteiger partial charge on any atom is 0.134 e. The quantitative estimate of drug-likeness (QED) is 0.767. The lowest BCUT2D eigenvalue weighted by molar-refractivity contribution is 0.502. The van der Waals surface area contributed by atoms with E-state index in [4.69, 9.17) is 0 Å². The second-order valence-corrected chi connectivity index (χ2v) is 6.98. The average molecular weight is 286 g/mol. The Bertz CT molecular complexity index is 644. The Kier molecular flexibility index (Phi) is 3.50. The van der Waals surface area contributed by atoms with Crippen molar-refractivity contribution < 1.29 is 0 Å². The van der Waals surface area contributed by atoms with Crippen molar-refractivity contribution in [1.29, 1.82) is 5.26 Å². The van der Waals surface area contributed by atoms with Crippen LogP contribution in [0.1, 0.15) is 33.8 Å². The monoisotopic (exact) mass is 286 g/mol. The van der Waals surface area contributed by atoms with E-state index in [9.17, 15) is 5.26 Å². The van der Waals surface area contributed by atoms with Crippen LogP contribution in [0.15, 0.2) is 17.5 Å². The molecule has 0 radical (unpaired) electrons. The minimum absolute atomic E-state index is 0.689. The van der Waals surface area contributed by atoms with Crippen LogP contribution in [0.2, 0.25) is 0 Å². The Labute approximate surface area is 121 Å². The predicted octanol–water partition coefficient (Wildman–Crippen LogP) is 4.39. The van der Waals surface area contributed by atoms with E-state index in [-0.39, 0.29) is 0 Å². The number of fused-ring (bicyclic) bond motifs is 1. The summed E-state index contributed by atoms with van der Waals surface area (Å²) >= 11 is 3.34. The van der Waals surface area contributed by atoms with E-state index >= 15 is 0 Å². The fourth-order valence-electron chi connectivity index (χ4n) is 2.31. The molecule has 0 aromatic carbocycles.